The van der Waals surface area contributed by atoms with Gasteiger partial charge in [0.1, 0.15) is 5.75 Å². The maximum absolute atomic E-state index is 11.1. The minimum absolute atomic E-state index is 0.240. The molecule has 1 aromatic rings. The van der Waals surface area contributed by atoms with E-state index in [2.05, 4.69) is 5.32 Å². The van der Waals surface area contributed by atoms with Gasteiger partial charge in [0.25, 0.3) is 0 Å². The smallest absolute Gasteiger partial charge is 0.217 e. The summed E-state index contributed by atoms with van der Waals surface area (Å²) in [7, 11) is 4.54. The number of benzene rings is 1. The zero-order chi connectivity index (χ0) is 14.4. The molecule has 0 bridgehead atoms. The Hall–Kier alpha value is -1.95. The van der Waals surface area contributed by atoms with E-state index in [-0.39, 0.29) is 12.5 Å². The molecule has 0 aromatic heterocycles. The average Bonchev–Trinajstić information content (AvgIpc) is 2.42. The molecular weight excluding hydrogens is 250 g/mol. The Labute approximate surface area is 112 Å². The van der Waals surface area contributed by atoms with Gasteiger partial charge in [-0.2, -0.15) is 0 Å². The second-order valence-electron chi connectivity index (χ2n) is 3.88. The van der Waals surface area contributed by atoms with Gasteiger partial charge in [-0.25, -0.2) is 0 Å². The van der Waals surface area contributed by atoms with E-state index < -0.39 is 6.04 Å². The molecule has 0 heterocycles. The molecular formula is C13H19NO5. The lowest BCUT2D eigenvalue weighted by atomic mass is 10.0. The number of rotatable bonds is 6. The fraction of sp³-hybridized carbons (Fsp3) is 0.462. The summed E-state index contributed by atoms with van der Waals surface area (Å²) in [6.45, 7) is 1.14. The van der Waals surface area contributed by atoms with Crippen LogP contribution in [0.4, 0.5) is 0 Å². The second-order valence-corrected chi connectivity index (χ2v) is 3.88. The Morgan fingerprint density at radius 3 is 2.11 bits per heavy atom. The molecule has 6 nitrogen and oxygen atoms in total. The SMILES string of the molecule is COc1cc(OC)c(C(CO)NC(C)=O)cc1OC. The Bertz CT molecular complexity index is 447. The Balaban J connectivity index is 3.26. The lowest BCUT2D eigenvalue weighted by molar-refractivity contribution is -0.120. The van der Waals surface area contributed by atoms with Crippen molar-refractivity contribution in [3.63, 3.8) is 0 Å². The molecule has 19 heavy (non-hydrogen) atoms. The van der Waals surface area contributed by atoms with Gasteiger partial charge >= 0.3 is 0 Å². The van der Waals surface area contributed by atoms with Gasteiger partial charge in [0.15, 0.2) is 11.5 Å². The van der Waals surface area contributed by atoms with Crippen LogP contribution in [0.5, 0.6) is 17.2 Å². The lowest BCUT2D eigenvalue weighted by Crippen LogP contribution is -2.29. The number of carbonyl (C=O) groups is 1. The van der Waals surface area contributed by atoms with Crippen LogP contribution in [0.15, 0.2) is 12.1 Å². The summed E-state index contributed by atoms with van der Waals surface area (Å²) in [5, 5.41) is 12.0. The first kappa shape index (κ1) is 15.1. The van der Waals surface area contributed by atoms with Crippen molar-refractivity contribution in [3.8, 4) is 17.2 Å². The number of aliphatic hydroxyl groups is 1. The highest BCUT2D eigenvalue weighted by molar-refractivity contribution is 5.73. The zero-order valence-electron chi connectivity index (χ0n) is 11.5. The highest BCUT2D eigenvalue weighted by atomic mass is 16.5. The van der Waals surface area contributed by atoms with Gasteiger partial charge < -0.3 is 24.6 Å². The third-order valence-corrected chi connectivity index (χ3v) is 2.67. The van der Waals surface area contributed by atoms with E-state index in [1.54, 1.807) is 12.1 Å². The molecule has 1 amide bonds. The number of ether oxygens (including phenoxy) is 3. The molecule has 0 aliphatic carbocycles. The molecule has 0 radical (unpaired) electrons. The van der Waals surface area contributed by atoms with Gasteiger partial charge in [-0.3, -0.25) is 4.79 Å². The van der Waals surface area contributed by atoms with Gasteiger partial charge in [0.2, 0.25) is 5.91 Å². The molecule has 0 saturated heterocycles. The van der Waals surface area contributed by atoms with Crippen molar-refractivity contribution in [2.24, 2.45) is 0 Å². The molecule has 106 valence electrons. The van der Waals surface area contributed by atoms with E-state index in [1.165, 1.54) is 28.3 Å². The summed E-state index contributed by atoms with van der Waals surface area (Å²) in [6.07, 6.45) is 0. The predicted molar refractivity (Wildman–Crippen MR) is 69.7 cm³/mol. The van der Waals surface area contributed by atoms with E-state index in [1.807, 2.05) is 0 Å². The fourth-order valence-electron chi connectivity index (χ4n) is 1.79. The molecule has 0 saturated carbocycles. The molecule has 6 heteroatoms. The van der Waals surface area contributed by atoms with Crippen LogP contribution < -0.4 is 19.5 Å². The monoisotopic (exact) mass is 269 g/mol. The number of hydrogen-bond donors (Lipinski definition) is 2. The zero-order valence-corrected chi connectivity index (χ0v) is 11.5. The molecule has 2 N–H and O–H groups in total. The summed E-state index contributed by atoms with van der Waals surface area (Å²) < 4.78 is 15.6. The number of hydrogen-bond acceptors (Lipinski definition) is 5. The molecule has 1 aromatic carbocycles. The van der Waals surface area contributed by atoms with Crippen molar-refractivity contribution in [2.75, 3.05) is 27.9 Å². The summed E-state index contributed by atoms with van der Waals surface area (Å²) >= 11 is 0. The quantitative estimate of drug-likeness (QED) is 0.801. The molecule has 1 rings (SSSR count). The predicted octanol–water partition coefficient (Wildman–Crippen LogP) is 0.882. The van der Waals surface area contributed by atoms with Crippen molar-refractivity contribution in [2.45, 2.75) is 13.0 Å². The normalized spacial score (nSPS) is 11.6. The highest BCUT2D eigenvalue weighted by Gasteiger charge is 2.20. The van der Waals surface area contributed by atoms with Crippen LogP contribution in [-0.2, 0) is 4.79 Å². The standard InChI is InChI=1S/C13H19NO5/c1-8(16)14-10(7-15)9-5-12(18-3)13(19-4)6-11(9)17-2/h5-6,10,15H,7H2,1-4H3,(H,14,16). The minimum Gasteiger partial charge on any atom is -0.496 e. The van der Waals surface area contributed by atoms with Crippen LogP contribution >= 0.6 is 0 Å². The molecule has 1 unspecified atom stereocenters. The van der Waals surface area contributed by atoms with Crippen LogP contribution in [0.3, 0.4) is 0 Å². The molecule has 0 aliphatic rings. The van der Waals surface area contributed by atoms with Gasteiger partial charge in [0, 0.05) is 18.6 Å². The number of methoxy groups -OCH3 is 3. The van der Waals surface area contributed by atoms with Crippen LogP contribution in [-0.4, -0.2) is 38.9 Å². The van der Waals surface area contributed by atoms with Crippen molar-refractivity contribution >= 4 is 5.91 Å². The molecule has 0 aliphatic heterocycles. The van der Waals surface area contributed by atoms with Crippen molar-refractivity contribution < 1.29 is 24.1 Å². The first-order valence-electron chi connectivity index (χ1n) is 5.75. The first-order chi connectivity index (χ1) is 9.07. The van der Waals surface area contributed by atoms with Gasteiger partial charge in [-0.05, 0) is 6.07 Å². The molecule has 0 fully saturated rings. The Morgan fingerprint density at radius 1 is 1.16 bits per heavy atom. The minimum atomic E-state index is -0.563. The van der Waals surface area contributed by atoms with Crippen LogP contribution in [0.2, 0.25) is 0 Å². The van der Waals surface area contributed by atoms with Crippen molar-refractivity contribution in [3.05, 3.63) is 17.7 Å². The second kappa shape index (κ2) is 6.84. The number of aliphatic hydroxyl groups excluding tert-OH is 1. The summed E-state index contributed by atoms with van der Waals surface area (Å²) in [5.41, 5.74) is 0.623. The number of amides is 1. The number of nitrogens with one attached hydrogen (secondary N) is 1. The number of carbonyl (C=O) groups excluding carboxylic acids is 1. The van der Waals surface area contributed by atoms with Gasteiger partial charge in [-0.1, -0.05) is 0 Å². The Morgan fingerprint density at radius 2 is 1.68 bits per heavy atom. The largest absolute Gasteiger partial charge is 0.496 e. The third kappa shape index (κ3) is 3.51. The van der Waals surface area contributed by atoms with Crippen LogP contribution in [0.25, 0.3) is 0 Å². The van der Waals surface area contributed by atoms with E-state index in [0.717, 1.165) is 0 Å². The fourth-order valence-corrected chi connectivity index (χ4v) is 1.79. The van der Waals surface area contributed by atoms with E-state index in [9.17, 15) is 9.90 Å². The molecule has 0 spiro atoms. The maximum atomic E-state index is 11.1. The molecule has 1 atom stereocenters. The van der Waals surface area contributed by atoms with Crippen LogP contribution in [0, 0.1) is 0 Å². The average molecular weight is 269 g/mol. The van der Waals surface area contributed by atoms with Crippen LogP contribution in [0.1, 0.15) is 18.5 Å². The first-order valence-corrected chi connectivity index (χ1v) is 5.75. The van der Waals surface area contributed by atoms with Crippen molar-refractivity contribution in [1.29, 1.82) is 0 Å². The summed E-state index contributed by atoms with van der Waals surface area (Å²) in [6, 6.07) is 2.76. The van der Waals surface area contributed by atoms with E-state index in [0.29, 0.717) is 22.8 Å². The topological polar surface area (TPSA) is 77.0 Å². The van der Waals surface area contributed by atoms with E-state index >= 15 is 0 Å². The Kier molecular flexibility index (Phi) is 5.44. The summed E-state index contributed by atoms with van der Waals surface area (Å²) in [5.74, 6) is 1.28. The van der Waals surface area contributed by atoms with Gasteiger partial charge in [-0.15, -0.1) is 0 Å². The van der Waals surface area contributed by atoms with Crippen molar-refractivity contribution in [1.82, 2.24) is 5.32 Å². The highest BCUT2D eigenvalue weighted by Crippen LogP contribution is 2.37. The third-order valence-electron chi connectivity index (χ3n) is 2.67. The lowest BCUT2D eigenvalue weighted by Gasteiger charge is -2.20. The van der Waals surface area contributed by atoms with E-state index in [4.69, 9.17) is 14.2 Å². The summed E-state index contributed by atoms with van der Waals surface area (Å²) in [4.78, 5) is 11.1. The maximum Gasteiger partial charge on any atom is 0.217 e. The van der Waals surface area contributed by atoms with Gasteiger partial charge in [0.05, 0.1) is 34.0 Å².